The number of aldehydes is 1. The number of aromatic carboxylic acids is 1. The number of carboxylic acids is 1. The minimum Gasteiger partial charge on any atom is -0.478 e. The molecule has 2 N–H and O–H groups in total. The molecule has 0 radical (unpaired) electrons. The fourth-order valence-electron chi connectivity index (χ4n) is 1.88. The predicted molar refractivity (Wildman–Crippen MR) is 76.5 cm³/mol. The van der Waals surface area contributed by atoms with E-state index in [1.165, 1.54) is 24.3 Å². The second-order valence-corrected chi connectivity index (χ2v) is 4.42. The third-order valence-corrected chi connectivity index (χ3v) is 2.98. The van der Waals surface area contributed by atoms with Crippen LogP contribution in [0.5, 0.6) is 0 Å². The Bertz CT molecular complexity index is 659. The van der Waals surface area contributed by atoms with Crippen molar-refractivity contribution in [1.82, 2.24) is 4.57 Å². The molecule has 1 heterocycles. The Morgan fingerprint density at radius 1 is 1.19 bits per heavy atom. The van der Waals surface area contributed by atoms with Crippen LogP contribution in [0.15, 0.2) is 42.6 Å². The van der Waals surface area contributed by atoms with Gasteiger partial charge in [0.05, 0.1) is 11.3 Å². The van der Waals surface area contributed by atoms with E-state index < -0.39 is 5.97 Å². The van der Waals surface area contributed by atoms with Crippen LogP contribution in [0, 0.1) is 0 Å². The van der Waals surface area contributed by atoms with Crippen LogP contribution >= 0.6 is 0 Å². The summed E-state index contributed by atoms with van der Waals surface area (Å²) in [6.07, 6.45) is 2.69. The molecule has 0 unspecified atom stereocenters. The number of hydrogen-bond donors (Lipinski definition) is 2. The van der Waals surface area contributed by atoms with Gasteiger partial charge < -0.3 is 15.0 Å². The molecule has 2 rings (SSSR count). The van der Waals surface area contributed by atoms with E-state index in [4.69, 9.17) is 5.11 Å². The van der Waals surface area contributed by atoms with Gasteiger partial charge in [-0.1, -0.05) is 0 Å². The number of benzene rings is 1. The van der Waals surface area contributed by atoms with Gasteiger partial charge in [0, 0.05) is 24.8 Å². The van der Waals surface area contributed by atoms with Crippen molar-refractivity contribution < 1.29 is 19.5 Å². The van der Waals surface area contributed by atoms with Crippen LogP contribution in [0.2, 0.25) is 0 Å². The zero-order valence-electron chi connectivity index (χ0n) is 11.2. The first kappa shape index (κ1) is 14.5. The molecule has 21 heavy (non-hydrogen) atoms. The van der Waals surface area contributed by atoms with Gasteiger partial charge in [0.2, 0.25) is 5.91 Å². The van der Waals surface area contributed by atoms with Crippen molar-refractivity contribution in [2.75, 3.05) is 5.32 Å². The second kappa shape index (κ2) is 6.51. The lowest BCUT2D eigenvalue weighted by molar-refractivity contribution is -0.116. The molecular weight excluding hydrogens is 272 g/mol. The molecular formula is C15H14N2O4. The van der Waals surface area contributed by atoms with Crippen molar-refractivity contribution in [2.24, 2.45) is 0 Å². The van der Waals surface area contributed by atoms with E-state index in [-0.39, 0.29) is 17.9 Å². The molecule has 6 heteroatoms. The quantitative estimate of drug-likeness (QED) is 0.795. The number of carboxylic acid groups (broad SMARTS) is 1. The molecule has 0 bridgehead atoms. The third-order valence-electron chi connectivity index (χ3n) is 2.98. The molecule has 1 amide bonds. The van der Waals surface area contributed by atoms with Gasteiger partial charge in [-0.3, -0.25) is 9.59 Å². The van der Waals surface area contributed by atoms with E-state index in [1.807, 2.05) is 0 Å². The van der Waals surface area contributed by atoms with Crippen LogP contribution in [0.25, 0.3) is 0 Å². The zero-order valence-corrected chi connectivity index (χ0v) is 11.2. The van der Waals surface area contributed by atoms with Crippen LogP contribution < -0.4 is 5.32 Å². The van der Waals surface area contributed by atoms with Crippen molar-refractivity contribution in [2.45, 2.75) is 13.0 Å². The fourth-order valence-corrected chi connectivity index (χ4v) is 1.88. The summed E-state index contributed by atoms with van der Waals surface area (Å²) < 4.78 is 1.69. The number of amides is 1. The minimum atomic E-state index is -1.01. The molecule has 0 spiro atoms. The summed E-state index contributed by atoms with van der Waals surface area (Å²) in [6.45, 7) is 0.403. The molecule has 0 fully saturated rings. The van der Waals surface area contributed by atoms with E-state index >= 15 is 0 Å². The first-order valence-electron chi connectivity index (χ1n) is 6.33. The molecule has 1 aromatic heterocycles. The molecule has 0 aliphatic heterocycles. The van der Waals surface area contributed by atoms with Crippen LogP contribution in [0.4, 0.5) is 5.69 Å². The Morgan fingerprint density at radius 2 is 1.90 bits per heavy atom. The molecule has 2 aromatic rings. The van der Waals surface area contributed by atoms with Crippen molar-refractivity contribution >= 4 is 23.9 Å². The van der Waals surface area contributed by atoms with Crippen LogP contribution in [-0.4, -0.2) is 27.8 Å². The van der Waals surface area contributed by atoms with E-state index in [2.05, 4.69) is 5.32 Å². The minimum absolute atomic E-state index is 0.163. The first-order chi connectivity index (χ1) is 10.1. The monoisotopic (exact) mass is 286 g/mol. The Labute approximate surface area is 121 Å². The van der Waals surface area contributed by atoms with Gasteiger partial charge in [-0.25, -0.2) is 4.79 Å². The SMILES string of the molecule is O=Cc1cccn1CCC(=O)Nc1ccc(C(=O)O)cc1. The fraction of sp³-hybridized carbons (Fsp3) is 0.133. The largest absolute Gasteiger partial charge is 0.478 e. The number of anilines is 1. The van der Waals surface area contributed by atoms with Gasteiger partial charge in [-0.05, 0) is 36.4 Å². The summed E-state index contributed by atoms with van der Waals surface area (Å²) in [6, 6.07) is 9.34. The number of aryl methyl sites for hydroxylation is 1. The van der Waals surface area contributed by atoms with Gasteiger partial charge in [-0.15, -0.1) is 0 Å². The normalized spacial score (nSPS) is 10.1. The Balaban J connectivity index is 1.89. The average Bonchev–Trinajstić information content (AvgIpc) is 2.93. The molecule has 0 aliphatic carbocycles. The van der Waals surface area contributed by atoms with Crippen molar-refractivity contribution in [3.8, 4) is 0 Å². The van der Waals surface area contributed by atoms with Gasteiger partial charge in [0.1, 0.15) is 0 Å². The first-order valence-corrected chi connectivity index (χ1v) is 6.33. The topological polar surface area (TPSA) is 88.4 Å². The maximum Gasteiger partial charge on any atom is 0.335 e. The van der Waals surface area contributed by atoms with E-state index in [0.29, 0.717) is 17.9 Å². The van der Waals surface area contributed by atoms with Gasteiger partial charge >= 0.3 is 5.97 Å². The predicted octanol–water partition coefficient (Wildman–Crippen LogP) is 2.03. The number of rotatable bonds is 6. The number of aromatic nitrogens is 1. The van der Waals surface area contributed by atoms with Crippen molar-refractivity contribution in [3.63, 3.8) is 0 Å². The molecule has 0 aliphatic rings. The van der Waals surface area contributed by atoms with E-state index in [9.17, 15) is 14.4 Å². The number of hydrogen-bond acceptors (Lipinski definition) is 3. The Kier molecular flexibility index (Phi) is 4.50. The summed E-state index contributed by atoms with van der Waals surface area (Å²) in [5, 5.41) is 11.5. The van der Waals surface area contributed by atoms with Gasteiger partial charge in [-0.2, -0.15) is 0 Å². The lowest BCUT2D eigenvalue weighted by Crippen LogP contribution is -2.15. The molecule has 0 atom stereocenters. The maximum atomic E-state index is 11.8. The highest BCUT2D eigenvalue weighted by Crippen LogP contribution is 2.10. The summed E-state index contributed by atoms with van der Waals surface area (Å²) in [7, 11) is 0. The maximum absolute atomic E-state index is 11.8. The molecule has 1 aromatic carbocycles. The number of carbonyl (C=O) groups excluding carboxylic acids is 2. The highest BCUT2D eigenvalue weighted by atomic mass is 16.4. The van der Waals surface area contributed by atoms with E-state index in [1.54, 1.807) is 22.9 Å². The third kappa shape index (κ3) is 3.79. The average molecular weight is 286 g/mol. The van der Waals surface area contributed by atoms with Crippen LogP contribution in [0.1, 0.15) is 27.3 Å². The highest BCUT2D eigenvalue weighted by Gasteiger charge is 2.06. The molecule has 0 saturated carbocycles. The summed E-state index contributed by atoms with van der Waals surface area (Å²) in [5.74, 6) is -1.22. The van der Waals surface area contributed by atoms with Crippen molar-refractivity contribution in [3.05, 3.63) is 53.9 Å². The van der Waals surface area contributed by atoms with Crippen molar-refractivity contribution in [1.29, 1.82) is 0 Å². The Morgan fingerprint density at radius 3 is 2.52 bits per heavy atom. The Hall–Kier alpha value is -2.89. The summed E-state index contributed by atoms with van der Waals surface area (Å²) in [4.78, 5) is 33.2. The summed E-state index contributed by atoms with van der Waals surface area (Å²) in [5.41, 5.74) is 1.22. The number of nitrogens with zero attached hydrogens (tertiary/aromatic N) is 1. The molecule has 108 valence electrons. The standard InChI is InChI=1S/C15H14N2O4/c18-10-13-2-1-8-17(13)9-7-14(19)16-12-5-3-11(4-6-12)15(20)21/h1-6,8,10H,7,9H2,(H,16,19)(H,20,21). The molecule has 0 saturated heterocycles. The number of nitrogens with one attached hydrogen (secondary N) is 1. The number of carbonyl (C=O) groups is 3. The lowest BCUT2D eigenvalue weighted by Gasteiger charge is -2.07. The summed E-state index contributed by atoms with van der Waals surface area (Å²) >= 11 is 0. The van der Waals surface area contributed by atoms with Gasteiger partial charge in [0.15, 0.2) is 6.29 Å². The van der Waals surface area contributed by atoms with Crippen LogP contribution in [-0.2, 0) is 11.3 Å². The zero-order chi connectivity index (χ0) is 15.2. The smallest absolute Gasteiger partial charge is 0.335 e. The molecule has 6 nitrogen and oxygen atoms in total. The second-order valence-electron chi connectivity index (χ2n) is 4.42. The highest BCUT2D eigenvalue weighted by molar-refractivity contribution is 5.92. The van der Waals surface area contributed by atoms with Gasteiger partial charge in [0.25, 0.3) is 0 Å². The lowest BCUT2D eigenvalue weighted by atomic mass is 10.2. The van der Waals surface area contributed by atoms with E-state index in [0.717, 1.165) is 6.29 Å². The van der Waals surface area contributed by atoms with Crippen LogP contribution in [0.3, 0.4) is 0 Å².